The molecule has 32 heavy (non-hydrogen) atoms. The number of methoxy groups -OCH3 is 1. The molecular weight excluding hydrogens is 425 g/mol. The van der Waals surface area contributed by atoms with Crippen LogP contribution in [0.2, 0.25) is 0 Å². The molecule has 2 N–H and O–H groups in total. The average Bonchev–Trinajstić information content (AvgIpc) is 2.77. The Morgan fingerprint density at radius 2 is 1.94 bits per heavy atom. The van der Waals surface area contributed by atoms with Gasteiger partial charge < -0.3 is 24.8 Å². The van der Waals surface area contributed by atoms with Crippen molar-refractivity contribution >= 4 is 17.7 Å². The molecule has 0 aliphatic carbocycles. The van der Waals surface area contributed by atoms with Gasteiger partial charge in [-0.2, -0.15) is 0 Å². The summed E-state index contributed by atoms with van der Waals surface area (Å²) >= 11 is 0. The zero-order valence-electron chi connectivity index (χ0n) is 17.2. The van der Waals surface area contributed by atoms with Crippen LogP contribution in [0.3, 0.4) is 0 Å². The largest absolute Gasteiger partial charge is 0.497 e. The second-order valence-corrected chi connectivity index (χ2v) is 6.58. The second-order valence-electron chi connectivity index (χ2n) is 6.58. The molecule has 0 saturated carbocycles. The number of hydrogen-bond donors (Lipinski definition) is 2. The second kappa shape index (κ2) is 9.77. The number of ether oxygens (including phenoxy) is 3. The molecule has 0 fully saturated rings. The number of halogens is 1. The lowest BCUT2D eigenvalue weighted by Crippen LogP contribution is -2.47. The molecule has 10 nitrogen and oxygen atoms in total. The predicted molar refractivity (Wildman–Crippen MR) is 110 cm³/mol. The Bertz CT molecular complexity index is 1070. The number of hydrogen-bond acceptors (Lipinski definition) is 7. The lowest BCUT2D eigenvalue weighted by atomic mass is 9.95. The van der Waals surface area contributed by atoms with Crippen molar-refractivity contribution in [3.63, 3.8) is 0 Å². The van der Waals surface area contributed by atoms with E-state index in [1.165, 1.54) is 7.11 Å². The average molecular weight is 445 g/mol. The summed E-state index contributed by atoms with van der Waals surface area (Å²) < 4.78 is 29.3. The number of nitro groups is 1. The van der Waals surface area contributed by atoms with Crippen LogP contribution >= 0.6 is 0 Å². The minimum absolute atomic E-state index is 0.0339. The number of rotatable bonds is 8. The van der Waals surface area contributed by atoms with Crippen molar-refractivity contribution < 1.29 is 33.1 Å². The fourth-order valence-corrected chi connectivity index (χ4v) is 3.13. The van der Waals surface area contributed by atoms with E-state index in [0.717, 1.165) is 18.2 Å². The van der Waals surface area contributed by atoms with Gasteiger partial charge in [-0.3, -0.25) is 10.1 Å². The van der Waals surface area contributed by atoms with E-state index in [1.54, 1.807) is 31.2 Å². The standard InChI is InChI=1S/C21H20FN3O7/c1-3-31-20(26)18-15(11-32-17-10-13(22)6-9-16(17)25(28)29)23-21(27)24-19(18)12-4-7-14(30-2)8-5-12/h4-10,19H,3,11H2,1-2H3,(H2,23,24,27). The number of esters is 1. The van der Waals surface area contributed by atoms with Crippen LogP contribution in [0.15, 0.2) is 53.7 Å². The smallest absolute Gasteiger partial charge is 0.338 e. The molecule has 0 spiro atoms. The minimum Gasteiger partial charge on any atom is -0.497 e. The molecule has 1 aliphatic rings. The number of carbonyl (C=O) groups excluding carboxylic acids is 2. The minimum atomic E-state index is -0.880. The highest BCUT2D eigenvalue weighted by atomic mass is 19.1. The highest BCUT2D eigenvalue weighted by molar-refractivity contribution is 5.95. The zero-order chi connectivity index (χ0) is 23.3. The topological polar surface area (TPSA) is 129 Å². The molecule has 2 amide bonds. The molecule has 1 atom stereocenters. The van der Waals surface area contributed by atoms with E-state index >= 15 is 0 Å². The van der Waals surface area contributed by atoms with E-state index in [2.05, 4.69) is 10.6 Å². The van der Waals surface area contributed by atoms with E-state index in [-0.39, 0.29) is 23.6 Å². The highest BCUT2D eigenvalue weighted by Gasteiger charge is 2.34. The fraction of sp³-hybridized carbons (Fsp3) is 0.238. The van der Waals surface area contributed by atoms with Crippen LogP contribution in [0.5, 0.6) is 11.5 Å². The van der Waals surface area contributed by atoms with Crippen molar-refractivity contribution in [2.24, 2.45) is 0 Å². The maximum absolute atomic E-state index is 13.6. The van der Waals surface area contributed by atoms with Gasteiger partial charge in [-0.1, -0.05) is 12.1 Å². The van der Waals surface area contributed by atoms with Crippen molar-refractivity contribution in [2.45, 2.75) is 13.0 Å². The molecule has 3 rings (SSSR count). The van der Waals surface area contributed by atoms with Gasteiger partial charge in [0, 0.05) is 12.1 Å². The third-order valence-electron chi connectivity index (χ3n) is 4.59. The third-order valence-corrected chi connectivity index (χ3v) is 4.59. The molecule has 0 aromatic heterocycles. The van der Waals surface area contributed by atoms with Crippen LogP contribution in [0, 0.1) is 15.9 Å². The third kappa shape index (κ3) is 4.94. The predicted octanol–water partition coefficient (Wildman–Crippen LogP) is 2.99. The first kappa shape index (κ1) is 22.5. The molecule has 11 heteroatoms. The Hall–Kier alpha value is -4.15. The van der Waals surface area contributed by atoms with Gasteiger partial charge in [0.1, 0.15) is 18.2 Å². The summed E-state index contributed by atoms with van der Waals surface area (Å²) in [5.41, 5.74) is 0.192. The maximum atomic E-state index is 13.6. The van der Waals surface area contributed by atoms with Gasteiger partial charge in [0.05, 0.1) is 36.0 Å². The lowest BCUT2D eigenvalue weighted by Gasteiger charge is -2.29. The van der Waals surface area contributed by atoms with E-state index in [0.29, 0.717) is 11.3 Å². The van der Waals surface area contributed by atoms with Gasteiger partial charge in [0.25, 0.3) is 0 Å². The van der Waals surface area contributed by atoms with Crippen LogP contribution in [-0.2, 0) is 9.53 Å². The molecule has 2 aromatic carbocycles. The van der Waals surface area contributed by atoms with Crippen LogP contribution in [0.4, 0.5) is 14.9 Å². The normalized spacial score (nSPS) is 15.5. The van der Waals surface area contributed by atoms with E-state index < -0.39 is 41.1 Å². The SMILES string of the molecule is CCOC(=O)C1=C(COc2cc(F)ccc2[N+](=O)[O-])NC(=O)NC1c1ccc(OC)cc1. The van der Waals surface area contributed by atoms with Gasteiger partial charge in [-0.15, -0.1) is 0 Å². The van der Waals surface area contributed by atoms with Gasteiger partial charge in [0.15, 0.2) is 5.75 Å². The Morgan fingerprint density at radius 3 is 2.56 bits per heavy atom. The maximum Gasteiger partial charge on any atom is 0.338 e. The molecule has 0 bridgehead atoms. The number of nitrogens with zero attached hydrogens (tertiary/aromatic N) is 1. The molecule has 1 unspecified atom stereocenters. The molecule has 1 heterocycles. The molecule has 0 radical (unpaired) electrons. The Balaban J connectivity index is 2.00. The van der Waals surface area contributed by atoms with Crippen LogP contribution < -0.4 is 20.1 Å². The van der Waals surface area contributed by atoms with E-state index in [9.17, 15) is 24.1 Å². The number of nitrogens with one attached hydrogen (secondary N) is 2. The molecule has 168 valence electrons. The van der Waals surface area contributed by atoms with Crippen molar-refractivity contribution in [2.75, 3.05) is 20.3 Å². The van der Waals surface area contributed by atoms with Crippen LogP contribution in [-0.4, -0.2) is 37.2 Å². The van der Waals surface area contributed by atoms with Gasteiger partial charge in [-0.25, -0.2) is 14.0 Å². The number of nitro benzene ring substituents is 1. The Kier molecular flexibility index (Phi) is 6.88. The number of benzene rings is 2. The van der Waals surface area contributed by atoms with Crippen molar-refractivity contribution in [3.8, 4) is 11.5 Å². The summed E-state index contributed by atoms with van der Waals surface area (Å²) in [6, 6.07) is 7.92. The van der Waals surface area contributed by atoms with Gasteiger partial charge in [-0.05, 0) is 30.7 Å². The molecule has 2 aromatic rings. The van der Waals surface area contributed by atoms with Crippen LogP contribution in [0.1, 0.15) is 18.5 Å². The first-order chi connectivity index (χ1) is 15.3. The Morgan fingerprint density at radius 1 is 1.22 bits per heavy atom. The summed E-state index contributed by atoms with van der Waals surface area (Å²) in [6.45, 7) is 1.26. The molecular formula is C21H20FN3O7. The number of urea groups is 1. The lowest BCUT2D eigenvalue weighted by molar-refractivity contribution is -0.385. The van der Waals surface area contributed by atoms with Crippen molar-refractivity contribution in [1.82, 2.24) is 10.6 Å². The number of carbonyl (C=O) groups is 2. The monoisotopic (exact) mass is 445 g/mol. The van der Waals surface area contributed by atoms with E-state index in [4.69, 9.17) is 14.2 Å². The summed E-state index contributed by atoms with van der Waals surface area (Å²) in [4.78, 5) is 35.5. The van der Waals surface area contributed by atoms with Gasteiger partial charge >= 0.3 is 17.7 Å². The summed E-state index contributed by atoms with van der Waals surface area (Å²) in [5.74, 6) is -1.22. The first-order valence-corrected chi connectivity index (χ1v) is 9.52. The van der Waals surface area contributed by atoms with Crippen molar-refractivity contribution in [1.29, 1.82) is 0 Å². The fourth-order valence-electron chi connectivity index (χ4n) is 3.13. The molecule has 0 saturated heterocycles. The van der Waals surface area contributed by atoms with Crippen LogP contribution in [0.25, 0.3) is 0 Å². The Labute approximate surface area is 182 Å². The molecule has 1 aliphatic heterocycles. The van der Waals surface area contributed by atoms with E-state index in [1.807, 2.05) is 0 Å². The quantitative estimate of drug-likeness (QED) is 0.363. The summed E-state index contributed by atoms with van der Waals surface area (Å²) in [6.07, 6.45) is 0. The van der Waals surface area contributed by atoms with Gasteiger partial charge in [0.2, 0.25) is 0 Å². The summed E-state index contributed by atoms with van der Waals surface area (Å²) in [5, 5.41) is 16.3. The zero-order valence-corrected chi connectivity index (χ0v) is 17.2. The summed E-state index contributed by atoms with van der Waals surface area (Å²) in [7, 11) is 1.51. The first-order valence-electron chi connectivity index (χ1n) is 9.52. The highest BCUT2D eigenvalue weighted by Crippen LogP contribution is 2.31. The number of amides is 2. The van der Waals surface area contributed by atoms with Crippen molar-refractivity contribution in [3.05, 3.63) is 75.2 Å².